The third-order valence-corrected chi connectivity index (χ3v) is 3.98. The number of ether oxygens (including phenoxy) is 1. The van der Waals surface area contributed by atoms with E-state index in [2.05, 4.69) is 5.10 Å². The second-order valence-electron chi connectivity index (χ2n) is 4.92. The van der Waals surface area contributed by atoms with Gasteiger partial charge in [-0.3, -0.25) is 0 Å². The molecule has 122 valence electrons. The van der Waals surface area contributed by atoms with Gasteiger partial charge in [0.1, 0.15) is 18.0 Å². The predicted molar refractivity (Wildman–Crippen MR) is 91.3 cm³/mol. The van der Waals surface area contributed by atoms with Crippen LogP contribution in [-0.4, -0.2) is 20.9 Å². The predicted octanol–water partition coefficient (Wildman–Crippen LogP) is 4.46. The second kappa shape index (κ2) is 6.95. The Hall–Kier alpha value is -2.50. The lowest BCUT2D eigenvalue weighted by atomic mass is 10.1. The molecule has 1 aromatic heterocycles. The van der Waals surface area contributed by atoms with Crippen LogP contribution in [0.25, 0.3) is 5.69 Å². The summed E-state index contributed by atoms with van der Waals surface area (Å²) in [6.07, 6.45) is 3.42. The van der Waals surface area contributed by atoms with Crippen molar-refractivity contribution in [2.75, 3.05) is 0 Å². The number of hydrogen-bond acceptors (Lipinski definition) is 3. The van der Waals surface area contributed by atoms with E-state index in [4.69, 9.17) is 27.9 Å². The summed E-state index contributed by atoms with van der Waals surface area (Å²) in [4.78, 5) is 11.3. The minimum Gasteiger partial charge on any atom is -0.487 e. The number of carbonyl (C=O) groups is 1. The van der Waals surface area contributed by atoms with Crippen molar-refractivity contribution < 1.29 is 14.6 Å². The zero-order valence-electron chi connectivity index (χ0n) is 12.3. The van der Waals surface area contributed by atoms with Crippen LogP contribution in [0.5, 0.6) is 5.75 Å². The first-order chi connectivity index (χ1) is 11.6. The quantitative estimate of drug-likeness (QED) is 0.727. The van der Waals surface area contributed by atoms with Crippen molar-refractivity contribution in [1.82, 2.24) is 9.78 Å². The molecule has 1 N–H and O–H groups in total. The highest BCUT2D eigenvalue weighted by Crippen LogP contribution is 2.29. The van der Waals surface area contributed by atoms with Crippen LogP contribution in [0.4, 0.5) is 0 Å². The third-order valence-electron chi connectivity index (χ3n) is 3.39. The summed E-state index contributed by atoms with van der Waals surface area (Å²) in [6, 6.07) is 11.6. The van der Waals surface area contributed by atoms with Gasteiger partial charge in [0.15, 0.2) is 0 Å². The SMILES string of the molecule is O=C(O)c1cccc(Cl)c1COc1cc(Cl)ccc1-n1cccn1. The van der Waals surface area contributed by atoms with Gasteiger partial charge in [-0.25, -0.2) is 9.48 Å². The molecule has 0 amide bonds. The summed E-state index contributed by atoms with van der Waals surface area (Å²) in [5.74, 6) is -0.586. The molecule has 0 radical (unpaired) electrons. The fourth-order valence-corrected chi connectivity index (χ4v) is 2.65. The van der Waals surface area contributed by atoms with Gasteiger partial charge in [-0.1, -0.05) is 29.3 Å². The number of nitrogens with zero attached hydrogens (tertiary/aromatic N) is 2. The topological polar surface area (TPSA) is 64.3 Å². The van der Waals surface area contributed by atoms with Crippen LogP contribution in [0, 0.1) is 0 Å². The fraction of sp³-hybridized carbons (Fsp3) is 0.0588. The summed E-state index contributed by atoms with van der Waals surface area (Å²) < 4.78 is 7.44. The van der Waals surface area contributed by atoms with Crippen molar-refractivity contribution in [1.29, 1.82) is 0 Å². The van der Waals surface area contributed by atoms with Gasteiger partial charge in [0.05, 0.1) is 5.56 Å². The molecule has 0 fully saturated rings. The first-order valence-electron chi connectivity index (χ1n) is 6.99. The lowest BCUT2D eigenvalue weighted by molar-refractivity contribution is 0.0694. The monoisotopic (exact) mass is 362 g/mol. The fourth-order valence-electron chi connectivity index (χ4n) is 2.26. The van der Waals surface area contributed by atoms with Crippen molar-refractivity contribution >= 4 is 29.2 Å². The molecule has 0 saturated heterocycles. The maximum absolute atomic E-state index is 11.3. The molecule has 3 rings (SSSR count). The number of hydrogen-bond donors (Lipinski definition) is 1. The smallest absolute Gasteiger partial charge is 0.336 e. The van der Waals surface area contributed by atoms with E-state index in [1.54, 1.807) is 53.5 Å². The Morgan fingerprint density at radius 1 is 1.21 bits per heavy atom. The Morgan fingerprint density at radius 2 is 2.04 bits per heavy atom. The van der Waals surface area contributed by atoms with Crippen molar-refractivity contribution in [3.63, 3.8) is 0 Å². The van der Waals surface area contributed by atoms with E-state index in [0.29, 0.717) is 27.0 Å². The zero-order chi connectivity index (χ0) is 17.1. The van der Waals surface area contributed by atoms with Crippen LogP contribution in [-0.2, 0) is 6.61 Å². The van der Waals surface area contributed by atoms with Gasteiger partial charge in [-0.15, -0.1) is 0 Å². The molecule has 2 aromatic carbocycles. The van der Waals surface area contributed by atoms with Gasteiger partial charge in [-0.05, 0) is 30.3 Å². The molecule has 0 bridgehead atoms. The average molecular weight is 363 g/mol. The molecule has 0 unspecified atom stereocenters. The molecule has 0 atom stereocenters. The van der Waals surface area contributed by atoms with Crippen molar-refractivity contribution in [3.05, 3.63) is 76.0 Å². The molecule has 1 heterocycles. The Labute approximate surface area is 148 Å². The maximum Gasteiger partial charge on any atom is 0.336 e. The standard InChI is InChI=1S/C17H12Cl2N2O3/c18-11-5-6-15(21-8-2-7-20-21)16(9-11)24-10-13-12(17(22)23)3-1-4-14(13)19/h1-9H,10H2,(H,22,23). The Balaban J connectivity index is 1.94. The summed E-state index contributed by atoms with van der Waals surface area (Å²) in [5.41, 5.74) is 1.19. The Kier molecular flexibility index (Phi) is 4.74. The van der Waals surface area contributed by atoms with E-state index in [1.807, 2.05) is 0 Å². The molecule has 0 aliphatic heterocycles. The van der Waals surface area contributed by atoms with Crippen LogP contribution in [0.15, 0.2) is 54.9 Å². The molecule has 3 aromatic rings. The third kappa shape index (κ3) is 3.37. The van der Waals surface area contributed by atoms with Crippen LogP contribution >= 0.6 is 23.2 Å². The van der Waals surface area contributed by atoms with Gasteiger partial charge in [-0.2, -0.15) is 5.10 Å². The van der Waals surface area contributed by atoms with Gasteiger partial charge in [0.25, 0.3) is 0 Å². The normalized spacial score (nSPS) is 10.6. The highest BCUT2D eigenvalue weighted by Gasteiger charge is 2.15. The lowest BCUT2D eigenvalue weighted by Crippen LogP contribution is -2.08. The molecule has 7 heteroatoms. The first-order valence-corrected chi connectivity index (χ1v) is 7.75. The Bertz CT molecular complexity index is 880. The highest BCUT2D eigenvalue weighted by atomic mass is 35.5. The van der Waals surface area contributed by atoms with E-state index in [9.17, 15) is 9.90 Å². The van der Waals surface area contributed by atoms with Gasteiger partial charge in [0, 0.05) is 34.1 Å². The number of carboxylic acid groups (broad SMARTS) is 1. The molecule has 5 nitrogen and oxygen atoms in total. The molecular formula is C17H12Cl2N2O3. The Morgan fingerprint density at radius 3 is 2.75 bits per heavy atom. The lowest BCUT2D eigenvalue weighted by Gasteiger charge is -2.14. The van der Waals surface area contributed by atoms with Crippen LogP contribution < -0.4 is 4.74 Å². The van der Waals surface area contributed by atoms with Crippen LogP contribution in [0.2, 0.25) is 10.0 Å². The van der Waals surface area contributed by atoms with Crippen molar-refractivity contribution in [2.24, 2.45) is 0 Å². The van der Waals surface area contributed by atoms with E-state index < -0.39 is 5.97 Å². The summed E-state index contributed by atoms with van der Waals surface area (Å²) in [7, 11) is 0. The van der Waals surface area contributed by atoms with Crippen molar-refractivity contribution in [3.8, 4) is 11.4 Å². The summed E-state index contributed by atoms with van der Waals surface area (Å²) in [5, 5.41) is 14.3. The van der Waals surface area contributed by atoms with Gasteiger partial charge >= 0.3 is 5.97 Å². The maximum atomic E-state index is 11.3. The van der Waals surface area contributed by atoms with Gasteiger partial charge in [0.2, 0.25) is 0 Å². The molecule has 0 saturated carbocycles. The number of carboxylic acids is 1. The summed E-state index contributed by atoms with van der Waals surface area (Å²) in [6.45, 7) is -0.00405. The second-order valence-corrected chi connectivity index (χ2v) is 5.77. The molecule has 0 aliphatic rings. The van der Waals surface area contributed by atoms with E-state index in [1.165, 1.54) is 6.07 Å². The number of aromatic carboxylic acids is 1. The molecular weight excluding hydrogens is 351 g/mol. The average Bonchev–Trinajstić information content (AvgIpc) is 3.07. The first kappa shape index (κ1) is 16.4. The number of rotatable bonds is 5. The number of aromatic nitrogens is 2. The zero-order valence-corrected chi connectivity index (χ0v) is 13.8. The minimum absolute atomic E-state index is 0.00405. The molecule has 0 spiro atoms. The largest absolute Gasteiger partial charge is 0.487 e. The molecule has 24 heavy (non-hydrogen) atoms. The molecule has 0 aliphatic carbocycles. The van der Waals surface area contributed by atoms with E-state index in [0.717, 1.165) is 0 Å². The van der Waals surface area contributed by atoms with Crippen LogP contribution in [0.1, 0.15) is 15.9 Å². The number of benzene rings is 2. The summed E-state index contributed by atoms with van der Waals surface area (Å²) >= 11 is 12.2. The van der Waals surface area contributed by atoms with E-state index >= 15 is 0 Å². The van der Waals surface area contributed by atoms with E-state index in [-0.39, 0.29) is 12.2 Å². The minimum atomic E-state index is -1.06. The van der Waals surface area contributed by atoms with Gasteiger partial charge < -0.3 is 9.84 Å². The van der Waals surface area contributed by atoms with Crippen LogP contribution in [0.3, 0.4) is 0 Å². The number of halogens is 2. The van der Waals surface area contributed by atoms with Crippen molar-refractivity contribution in [2.45, 2.75) is 6.61 Å². The highest BCUT2D eigenvalue weighted by molar-refractivity contribution is 6.32.